The van der Waals surface area contributed by atoms with E-state index in [0.717, 1.165) is 0 Å². The summed E-state index contributed by atoms with van der Waals surface area (Å²) in [7, 11) is 0. The molecule has 2 aromatic carbocycles. The number of para-hydroxylation sites is 1. The molecule has 0 spiro atoms. The third kappa shape index (κ3) is 2.33. The minimum absolute atomic E-state index is 0.275. The quantitative estimate of drug-likeness (QED) is 0.656. The molecule has 0 unspecified atom stereocenters. The van der Waals surface area contributed by atoms with Gasteiger partial charge in [-0.05, 0) is 30.3 Å². The Balaban J connectivity index is 2.17. The Morgan fingerprint density at radius 2 is 1.79 bits per heavy atom. The Hall–Kier alpha value is -2.62. The van der Waals surface area contributed by atoms with Crippen molar-refractivity contribution in [2.45, 2.75) is 0 Å². The lowest BCUT2D eigenvalue weighted by atomic mass is 10.2. The van der Waals surface area contributed by atoms with Crippen LogP contribution < -0.4 is 10.4 Å². The van der Waals surface area contributed by atoms with E-state index in [4.69, 9.17) is 9.15 Å². The van der Waals surface area contributed by atoms with Crippen LogP contribution in [0.25, 0.3) is 11.0 Å². The summed E-state index contributed by atoms with van der Waals surface area (Å²) < 4.78 is 23.9. The summed E-state index contributed by atoms with van der Waals surface area (Å²) in [5.74, 6) is 0.426. The maximum atomic E-state index is 13.3. The molecule has 3 rings (SSSR count). The van der Waals surface area contributed by atoms with Gasteiger partial charge in [-0.25, -0.2) is 9.18 Å². The molecule has 0 aliphatic rings. The van der Waals surface area contributed by atoms with Gasteiger partial charge < -0.3 is 9.15 Å². The van der Waals surface area contributed by atoms with Crippen molar-refractivity contribution in [1.82, 2.24) is 0 Å². The van der Waals surface area contributed by atoms with Crippen LogP contribution in [0.15, 0.2) is 63.8 Å². The molecule has 1 aromatic heterocycles. The molecule has 0 bridgehead atoms. The molecular formula is C15H9FO3. The van der Waals surface area contributed by atoms with Gasteiger partial charge in [-0.3, -0.25) is 0 Å². The zero-order chi connectivity index (χ0) is 13.2. The minimum atomic E-state index is -0.537. The highest BCUT2D eigenvalue weighted by Gasteiger charge is 2.08. The second kappa shape index (κ2) is 4.57. The molecule has 0 atom stereocenters. The Labute approximate surface area is 107 Å². The first-order valence-corrected chi connectivity index (χ1v) is 5.69. The summed E-state index contributed by atoms with van der Waals surface area (Å²) in [4.78, 5) is 11.4. The number of hydrogen-bond acceptors (Lipinski definition) is 3. The van der Waals surface area contributed by atoms with Gasteiger partial charge in [-0.1, -0.05) is 18.2 Å². The SMILES string of the molecule is O=c1cc(Oc2ccccc2)c2cc(F)ccc2o1. The first kappa shape index (κ1) is 11.5. The molecule has 0 saturated heterocycles. The third-order valence-corrected chi connectivity index (χ3v) is 2.64. The fourth-order valence-corrected chi connectivity index (χ4v) is 1.81. The standard InChI is InChI=1S/C15H9FO3/c16-10-6-7-13-12(8-10)14(9-15(17)19-13)18-11-4-2-1-3-5-11/h1-9H. The van der Waals surface area contributed by atoms with Crippen molar-refractivity contribution in [3.05, 3.63) is 70.8 Å². The average Bonchev–Trinajstić information content (AvgIpc) is 2.41. The normalized spacial score (nSPS) is 10.6. The third-order valence-electron chi connectivity index (χ3n) is 2.64. The molecule has 94 valence electrons. The lowest BCUT2D eigenvalue weighted by Gasteiger charge is -2.07. The van der Waals surface area contributed by atoms with Gasteiger partial charge in [0.2, 0.25) is 0 Å². The highest BCUT2D eigenvalue weighted by atomic mass is 19.1. The summed E-state index contributed by atoms with van der Waals surface area (Å²) >= 11 is 0. The molecule has 0 aliphatic carbocycles. The van der Waals surface area contributed by atoms with Crippen LogP contribution in [0.5, 0.6) is 11.5 Å². The summed E-state index contributed by atoms with van der Waals surface area (Å²) in [6.45, 7) is 0. The van der Waals surface area contributed by atoms with E-state index in [1.54, 1.807) is 12.1 Å². The Bertz CT molecular complexity index is 778. The Morgan fingerprint density at radius 1 is 1.00 bits per heavy atom. The minimum Gasteiger partial charge on any atom is -0.456 e. The molecule has 4 heteroatoms. The van der Waals surface area contributed by atoms with E-state index in [1.165, 1.54) is 24.3 Å². The summed E-state index contributed by atoms with van der Waals surface area (Å²) in [5, 5.41) is 0.420. The number of halogens is 1. The summed E-state index contributed by atoms with van der Waals surface area (Å²) in [5.41, 5.74) is -0.245. The second-order valence-electron chi connectivity index (χ2n) is 3.99. The van der Waals surface area contributed by atoms with Gasteiger partial charge in [-0.2, -0.15) is 0 Å². The van der Waals surface area contributed by atoms with E-state index >= 15 is 0 Å². The topological polar surface area (TPSA) is 39.4 Å². The number of fused-ring (bicyclic) bond motifs is 1. The summed E-state index contributed by atoms with van der Waals surface area (Å²) in [6, 6.07) is 14.1. The molecule has 1 heterocycles. The molecule has 0 fully saturated rings. The number of hydrogen-bond donors (Lipinski definition) is 0. The largest absolute Gasteiger partial charge is 0.456 e. The Kier molecular flexibility index (Phi) is 2.76. The van der Waals surface area contributed by atoms with Gasteiger partial charge in [0, 0.05) is 0 Å². The van der Waals surface area contributed by atoms with Crippen LogP contribution in [0.2, 0.25) is 0 Å². The van der Waals surface area contributed by atoms with E-state index in [2.05, 4.69) is 0 Å². The van der Waals surface area contributed by atoms with Crippen molar-refractivity contribution in [2.75, 3.05) is 0 Å². The number of rotatable bonds is 2. The Morgan fingerprint density at radius 3 is 2.58 bits per heavy atom. The molecule has 19 heavy (non-hydrogen) atoms. The maximum Gasteiger partial charge on any atom is 0.339 e. The highest BCUT2D eigenvalue weighted by Crippen LogP contribution is 2.28. The smallest absolute Gasteiger partial charge is 0.339 e. The highest BCUT2D eigenvalue weighted by molar-refractivity contribution is 5.83. The summed E-state index contributed by atoms with van der Waals surface area (Å²) in [6.07, 6.45) is 0. The lowest BCUT2D eigenvalue weighted by molar-refractivity contribution is 0.474. The molecule has 0 N–H and O–H groups in total. The van der Waals surface area contributed by atoms with Crippen LogP contribution in [0.4, 0.5) is 4.39 Å². The van der Waals surface area contributed by atoms with E-state index in [1.807, 2.05) is 18.2 Å². The molecule has 0 aliphatic heterocycles. The van der Waals surface area contributed by atoms with Gasteiger partial charge in [0.05, 0.1) is 11.5 Å². The zero-order valence-corrected chi connectivity index (χ0v) is 9.80. The van der Waals surface area contributed by atoms with Crippen LogP contribution in [0.1, 0.15) is 0 Å². The monoisotopic (exact) mass is 256 g/mol. The van der Waals surface area contributed by atoms with Gasteiger partial charge in [0.25, 0.3) is 0 Å². The molecular weight excluding hydrogens is 247 g/mol. The molecule has 3 nitrogen and oxygen atoms in total. The predicted molar refractivity (Wildman–Crippen MR) is 69.0 cm³/mol. The molecule has 3 aromatic rings. The average molecular weight is 256 g/mol. The number of benzene rings is 2. The fourth-order valence-electron chi connectivity index (χ4n) is 1.81. The first-order chi connectivity index (χ1) is 9.22. The van der Waals surface area contributed by atoms with Crippen LogP contribution in [0.3, 0.4) is 0 Å². The second-order valence-corrected chi connectivity index (χ2v) is 3.99. The van der Waals surface area contributed by atoms with Crippen molar-refractivity contribution < 1.29 is 13.5 Å². The lowest BCUT2D eigenvalue weighted by Crippen LogP contribution is -1.98. The molecule has 0 amide bonds. The first-order valence-electron chi connectivity index (χ1n) is 5.69. The van der Waals surface area contributed by atoms with Crippen LogP contribution in [0, 0.1) is 5.82 Å². The van der Waals surface area contributed by atoms with Gasteiger partial charge in [0.15, 0.2) is 0 Å². The van der Waals surface area contributed by atoms with Crippen LogP contribution in [-0.2, 0) is 0 Å². The number of ether oxygens (including phenoxy) is 1. The van der Waals surface area contributed by atoms with Crippen LogP contribution >= 0.6 is 0 Å². The van der Waals surface area contributed by atoms with E-state index in [-0.39, 0.29) is 5.75 Å². The van der Waals surface area contributed by atoms with Crippen molar-refractivity contribution in [1.29, 1.82) is 0 Å². The van der Waals surface area contributed by atoms with Gasteiger partial charge in [0.1, 0.15) is 22.9 Å². The van der Waals surface area contributed by atoms with Gasteiger partial charge in [-0.15, -0.1) is 0 Å². The van der Waals surface area contributed by atoms with Crippen molar-refractivity contribution >= 4 is 11.0 Å². The molecule has 0 saturated carbocycles. The fraction of sp³-hybridized carbons (Fsp3) is 0. The van der Waals surface area contributed by atoms with Crippen molar-refractivity contribution in [3.8, 4) is 11.5 Å². The van der Waals surface area contributed by atoms with E-state index in [0.29, 0.717) is 16.7 Å². The molecule has 0 radical (unpaired) electrons. The van der Waals surface area contributed by atoms with Gasteiger partial charge >= 0.3 is 5.63 Å². The van der Waals surface area contributed by atoms with E-state index < -0.39 is 11.4 Å². The van der Waals surface area contributed by atoms with E-state index in [9.17, 15) is 9.18 Å². The van der Waals surface area contributed by atoms with Crippen molar-refractivity contribution in [2.24, 2.45) is 0 Å². The maximum absolute atomic E-state index is 13.3. The predicted octanol–water partition coefficient (Wildman–Crippen LogP) is 3.72. The van der Waals surface area contributed by atoms with Crippen LogP contribution in [-0.4, -0.2) is 0 Å². The van der Waals surface area contributed by atoms with Crippen molar-refractivity contribution in [3.63, 3.8) is 0 Å². The zero-order valence-electron chi connectivity index (χ0n) is 9.80.